The van der Waals surface area contributed by atoms with Crippen molar-refractivity contribution in [3.8, 4) is 10.6 Å². The number of fused-ring (bicyclic) bond motifs is 1. The van der Waals surface area contributed by atoms with Gasteiger partial charge in [0.2, 0.25) is 11.1 Å². The summed E-state index contributed by atoms with van der Waals surface area (Å²) in [6.07, 6.45) is 2.17. The van der Waals surface area contributed by atoms with Crippen molar-refractivity contribution < 1.29 is 4.79 Å². The van der Waals surface area contributed by atoms with E-state index in [1.165, 1.54) is 17.3 Å². The average Bonchev–Trinajstić information content (AvgIpc) is 3.35. The summed E-state index contributed by atoms with van der Waals surface area (Å²) in [5.74, 6) is 0.505. The van der Waals surface area contributed by atoms with E-state index in [2.05, 4.69) is 51.6 Å². The van der Waals surface area contributed by atoms with Crippen LogP contribution in [0.4, 0.5) is 0 Å². The molecule has 0 saturated carbocycles. The van der Waals surface area contributed by atoms with Gasteiger partial charge in [-0.2, -0.15) is 4.98 Å². The number of hydrogen-bond acceptors (Lipinski definition) is 7. The molecule has 166 valence electrons. The van der Waals surface area contributed by atoms with Gasteiger partial charge in [-0.15, -0.1) is 16.4 Å². The van der Waals surface area contributed by atoms with Gasteiger partial charge in [-0.05, 0) is 40.9 Å². The van der Waals surface area contributed by atoms with Crippen molar-refractivity contribution in [1.82, 2.24) is 29.9 Å². The third-order valence-corrected chi connectivity index (χ3v) is 7.38. The van der Waals surface area contributed by atoms with Crippen LogP contribution in [0.1, 0.15) is 46.1 Å². The van der Waals surface area contributed by atoms with E-state index in [-0.39, 0.29) is 18.4 Å². The fourth-order valence-electron chi connectivity index (χ4n) is 3.68. The summed E-state index contributed by atoms with van der Waals surface area (Å²) < 4.78 is 1.71. The number of aryl methyl sites for hydroxylation is 4. The summed E-state index contributed by atoms with van der Waals surface area (Å²) in [7, 11) is 0. The number of rotatable bonds is 6. The number of nitrogens with zero attached hydrogens (tertiary/aromatic N) is 5. The molecule has 1 N–H and O–H groups in total. The largest absolute Gasteiger partial charge is 0.348 e. The van der Waals surface area contributed by atoms with E-state index in [1.54, 1.807) is 15.9 Å². The van der Waals surface area contributed by atoms with Crippen molar-refractivity contribution in [2.24, 2.45) is 0 Å². The number of amides is 1. The van der Waals surface area contributed by atoms with Crippen molar-refractivity contribution in [1.29, 1.82) is 0 Å². The zero-order valence-electron chi connectivity index (χ0n) is 19.1. The molecule has 3 heterocycles. The van der Waals surface area contributed by atoms with Crippen molar-refractivity contribution in [3.63, 3.8) is 0 Å². The number of aromatic nitrogens is 5. The third kappa shape index (κ3) is 4.40. The first-order valence-electron chi connectivity index (χ1n) is 10.4. The number of benzene rings is 1. The van der Waals surface area contributed by atoms with Crippen molar-refractivity contribution >= 4 is 34.8 Å². The minimum atomic E-state index is -0.133. The van der Waals surface area contributed by atoms with Gasteiger partial charge >= 0.3 is 0 Å². The number of nitrogens with one attached hydrogen (secondary N) is 1. The van der Waals surface area contributed by atoms with Crippen LogP contribution in [0, 0.1) is 27.7 Å². The van der Waals surface area contributed by atoms with E-state index >= 15 is 0 Å². The molecule has 1 atom stereocenters. The highest BCUT2D eigenvalue weighted by Crippen LogP contribution is 2.32. The van der Waals surface area contributed by atoms with E-state index in [4.69, 9.17) is 4.98 Å². The van der Waals surface area contributed by atoms with E-state index < -0.39 is 0 Å². The van der Waals surface area contributed by atoms with Crippen molar-refractivity contribution in [3.05, 3.63) is 57.4 Å². The maximum atomic E-state index is 12.9. The minimum absolute atomic E-state index is 0.0558. The molecule has 1 aromatic carbocycles. The van der Waals surface area contributed by atoms with Crippen LogP contribution < -0.4 is 5.32 Å². The van der Waals surface area contributed by atoms with Crippen LogP contribution in [0.25, 0.3) is 16.3 Å². The van der Waals surface area contributed by atoms with Gasteiger partial charge in [0, 0.05) is 22.5 Å². The number of thiazole rings is 1. The molecule has 7 nitrogen and oxygen atoms in total. The Hall–Kier alpha value is -2.78. The Morgan fingerprint density at radius 3 is 2.50 bits per heavy atom. The summed E-state index contributed by atoms with van der Waals surface area (Å²) in [5.41, 5.74) is 5.82. The van der Waals surface area contributed by atoms with Crippen LogP contribution in [0.15, 0.2) is 29.4 Å². The zero-order chi connectivity index (χ0) is 23.0. The van der Waals surface area contributed by atoms with E-state index in [0.717, 1.165) is 38.1 Å². The second kappa shape index (κ2) is 8.99. The van der Waals surface area contributed by atoms with E-state index in [9.17, 15) is 4.79 Å². The molecule has 0 aliphatic rings. The summed E-state index contributed by atoms with van der Waals surface area (Å²) in [6, 6.07) is 8.21. The van der Waals surface area contributed by atoms with E-state index in [1.807, 2.05) is 34.0 Å². The van der Waals surface area contributed by atoms with Crippen LogP contribution in [0.2, 0.25) is 0 Å². The van der Waals surface area contributed by atoms with Gasteiger partial charge in [-0.3, -0.25) is 4.79 Å². The highest BCUT2D eigenvalue weighted by molar-refractivity contribution is 7.98. The average molecular weight is 467 g/mol. The number of carbonyl (C=O) groups is 1. The molecule has 0 aliphatic carbocycles. The molecule has 9 heteroatoms. The zero-order valence-corrected chi connectivity index (χ0v) is 20.7. The molecule has 4 rings (SSSR count). The topological polar surface area (TPSA) is 85.1 Å². The lowest BCUT2D eigenvalue weighted by atomic mass is 10.1. The first-order chi connectivity index (χ1) is 15.3. The van der Waals surface area contributed by atoms with Gasteiger partial charge in [0.05, 0.1) is 23.0 Å². The molecule has 0 spiro atoms. The Balaban J connectivity index is 1.52. The maximum absolute atomic E-state index is 12.9. The molecule has 1 unspecified atom stereocenters. The molecule has 1 amide bonds. The number of hydrogen-bond donors (Lipinski definition) is 1. The van der Waals surface area contributed by atoms with Crippen molar-refractivity contribution in [2.75, 3.05) is 6.26 Å². The Kier molecular flexibility index (Phi) is 6.30. The van der Waals surface area contributed by atoms with Crippen molar-refractivity contribution in [2.45, 2.75) is 52.2 Å². The van der Waals surface area contributed by atoms with Crippen LogP contribution in [0.5, 0.6) is 0 Å². The van der Waals surface area contributed by atoms with Gasteiger partial charge in [-0.25, -0.2) is 14.5 Å². The third-order valence-electron chi connectivity index (χ3n) is 5.45. The highest BCUT2D eigenvalue weighted by atomic mass is 32.2. The fraction of sp³-hybridized carbons (Fsp3) is 0.348. The molecule has 4 aromatic rings. The van der Waals surface area contributed by atoms with Crippen LogP contribution in [-0.4, -0.2) is 36.7 Å². The summed E-state index contributed by atoms with van der Waals surface area (Å²) >= 11 is 3.10. The van der Waals surface area contributed by atoms with Crippen LogP contribution in [-0.2, 0) is 11.2 Å². The van der Waals surface area contributed by atoms with Gasteiger partial charge in [0.1, 0.15) is 5.01 Å². The summed E-state index contributed by atoms with van der Waals surface area (Å²) in [5, 5.41) is 9.23. The lowest BCUT2D eigenvalue weighted by Gasteiger charge is -2.15. The molecule has 0 saturated heterocycles. The number of carbonyl (C=O) groups excluding carboxylic acids is 1. The first kappa shape index (κ1) is 22.4. The predicted molar refractivity (Wildman–Crippen MR) is 129 cm³/mol. The molecule has 0 aliphatic heterocycles. The quantitative estimate of drug-likeness (QED) is 0.417. The van der Waals surface area contributed by atoms with Crippen LogP contribution in [0.3, 0.4) is 0 Å². The second-order valence-corrected chi connectivity index (χ2v) is 9.68. The summed E-state index contributed by atoms with van der Waals surface area (Å²) in [4.78, 5) is 27.7. The molecular formula is C23H26N6OS2. The standard InChI is InChI=1S/C23H26N6OS2/c1-12-7-9-17(10-8-12)21-25-15(4)20(32-21)14(3)24-19(30)11-18-13(2)26-22-27-23(31-6)28-29(22)16(18)5/h7-10,14H,11H2,1-6H3,(H,24,30). The highest BCUT2D eigenvalue weighted by Gasteiger charge is 2.20. The van der Waals surface area contributed by atoms with Gasteiger partial charge in [-0.1, -0.05) is 41.6 Å². The normalized spacial score (nSPS) is 12.3. The Morgan fingerprint density at radius 2 is 1.81 bits per heavy atom. The number of thioether (sulfide) groups is 1. The Bertz CT molecular complexity index is 1290. The van der Waals surface area contributed by atoms with Gasteiger partial charge < -0.3 is 5.32 Å². The van der Waals surface area contributed by atoms with Gasteiger partial charge in [0.25, 0.3) is 5.78 Å². The first-order valence-corrected chi connectivity index (χ1v) is 12.4. The summed E-state index contributed by atoms with van der Waals surface area (Å²) in [6.45, 7) is 9.93. The van der Waals surface area contributed by atoms with E-state index in [0.29, 0.717) is 10.9 Å². The lowest BCUT2D eigenvalue weighted by molar-refractivity contribution is -0.121. The van der Waals surface area contributed by atoms with Gasteiger partial charge in [0.15, 0.2) is 0 Å². The molecule has 32 heavy (non-hydrogen) atoms. The SMILES string of the molecule is CSc1nc2nc(C)c(CC(=O)NC(C)c3sc(-c4ccc(C)cc4)nc3C)c(C)n2n1. The Morgan fingerprint density at radius 1 is 1.09 bits per heavy atom. The lowest BCUT2D eigenvalue weighted by Crippen LogP contribution is -2.29. The Labute approximate surface area is 195 Å². The molecular weight excluding hydrogens is 440 g/mol. The fourth-order valence-corrected chi connectivity index (χ4v) is 5.09. The molecule has 3 aromatic heterocycles. The molecule has 0 radical (unpaired) electrons. The smallest absolute Gasteiger partial charge is 0.253 e. The predicted octanol–water partition coefficient (Wildman–Crippen LogP) is 4.62. The van der Waals surface area contributed by atoms with Crippen LogP contribution >= 0.6 is 23.1 Å². The molecule has 0 fully saturated rings. The minimum Gasteiger partial charge on any atom is -0.348 e. The second-order valence-electron chi connectivity index (χ2n) is 7.87. The maximum Gasteiger partial charge on any atom is 0.253 e. The monoisotopic (exact) mass is 466 g/mol. The molecule has 0 bridgehead atoms.